The van der Waals surface area contributed by atoms with Gasteiger partial charge in [-0.25, -0.2) is 0 Å². The molecule has 96 valence electrons. The van der Waals surface area contributed by atoms with Crippen LogP contribution < -0.4 is 0 Å². The molecule has 0 spiro atoms. The quantitative estimate of drug-likeness (QED) is 0.699. The molecule has 2 aliphatic rings. The van der Waals surface area contributed by atoms with Crippen molar-refractivity contribution in [3.63, 3.8) is 0 Å². The smallest absolute Gasteiger partial charge is 0.306 e. The summed E-state index contributed by atoms with van der Waals surface area (Å²) in [4.78, 5) is 16.0. The van der Waals surface area contributed by atoms with Crippen LogP contribution in [0.1, 0.15) is 26.2 Å². The van der Waals surface area contributed by atoms with Gasteiger partial charge in [0.25, 0.3) is 0 Å². The number of rotatable bonds is 5. The Kier molecular flexibility index (Phi) is 4.51. The lowest BCUT2D eigenvalue weighted by Crippen LogP contribution is -2.23. The molecule has 0 fully saturated rings. The number of esters is 1. The average Bonchev–Trinajstić information content (AvgIpc) is 2.42. The lowest BCUT2D eigenvalue weighted by atomic mass is 9.92. The van der Waals surface area contributed by atoms with Crippen LogP contribution in [0.15, 0.2) is 41.4 Å². The average molecular weight is 245 g/mol. The predicted molar refractivity (Wildman–Crippen MR) is 72.6 cm³/mol. The van der Waals surface area contributed by atoms with Crippen molar-refractivity contribution < 1.29 is 9.53 Å². The van der Waals surface area contributed by atoms with Gasteiger partial charge in [-0.15, -0.1) is 0 Å². The fraction of sp³-hybridized carbons (Fsp3) is 0.467. The van der Waals surface area contributed by atoms with Crippen LogP contribution in [0.5, 0.6) is 0 Å². The Bertz CT molecular complexity index is 418. The molecular weight excluding hydrogens is 226 g/mol. The number of carbonyl (C=O) groups excluding carboxylic acids is 1. The first-order chi connectivity index (χ1) is 8.79. The maximum absolute atomic E-state index is 11.4. The highest BCUT2D eigenvalue weighted by Gasteiger charge is 2.19. The third-order valence-corrected chi connectivity index (χ3v) is 3.09. The van der Waals surface area contributed by atoms with E-state index in [0.717, 1.165) is 18.6 Å². The number of ether oxygens (including phenoxy) is 1. The summed E-state index contributed by atoms with van der Waals surface area (Å²) in [5.41, 5.74) is 0.848. The van der Waals surface area contributed by atoms with Crippen molar-refractivity contribution in [2.75, 3.05) is 6.61 Å². The second kappa shape index (κ2) is 6.34. The fourth-order valence-corrected chi connectivity index (χ4v) is 2.01. The van der Waals surface area contributed by atoms with E-state index in [9.17, 15) is 4.79 Å². The Morgan fingerprint density at radius 3 is 3.00 bits per heavy atom. The Labute approximate surface area is 108 Å². The normalized spacial score (nSPS) is 24.6. The van der Waals surface area contributed by atoms with Gasteiger partial charge in [0.1, 0.15) is 6.61 Å². The molecule has 1 aliphatic carbocycles. The monoisotopic (exact) mass is 245 g/mol. The Hall–Kier alpha value is -1.64. The number of aliphatic imine (C=N–C) groups is 1. The Morgan fingerprint density at radius 1 is 1.33 bits per heavy atom. The summed E-state index contributed by atoms with van der Waals surface area (Å²) in [6.07, 6.45) is 14.7. The van der Waals surface area contributed by atoms with Crippen LogP contribution >= 0.6 is 0 Å². The largest absolute Gasteiger partial charge is 0.459 e. The van der Waals surface area contributed by atoms with Gasteiger partial charge in [0, 0.05) is 12.3 Å². The zero-order valence-corrected chi connectivity index (χ0v) is 10.7. The molecular formula is C15H19NO2. The summed E-state index contributed by atoms with van der Waals surface area (Å²) in [7, 11) is 0. The summed E-state index contributed by atoms with van der Waals surface area (Å²) < 4.78 is 5.20. The molecule has 0 saturated heterocycles. The minimum Gasteiger partial charge on any atom is -0.459 e. The van der Waals surface area contributed by atoms with E-state index in [-0.39, 0.29) is 12.0 Å². The van der Waals surface area contributed by atoms with Crippen LogP contribution in [0.3, 0.4) is 0 Å². The molecule has 0 aromatic heterocycles. The SMILES string of the molecule is CCCCC(=O)OCC1=NC2C=CC=CC2C=C1. The van der Waals surface area contributed by atoms with Crippen LogP contribution in [0, 0.1) is 5.92 Å². The van der Waals surface area contributed by atoms with E-state index in [1.54, 1.807) is 0 Å². The third kappa shape index (κ3) is 3.42. The first-order valence-corrected chi connectivity index (χ1v) is 6.55. The van der Waals surface area contributed by atoms with Crippen LogP contribution in [0.2, 0.25) is 0 Å². The standard InChI is InChI=1S/C15H19NO2/c1-2-3-8-15(17)18-11-13-10-9-12-6-4-5-7-14(12)16-13/h4-7,9-10,12,14H,2-3,8,11H2,1H3. The van der Waals surface area contributed by atoms with Crippen molar-refractivity contribution in [1.82, 2.24) is 0 Å². The van der Waals surface area contributed by atoms with Gasteiger partial charge in [-0.05, 0) is 12.5 Å². The minimum absolute atomic E-state index is 0.130. The lowest BCUT2D eigenvalue weighted by molar-refractivity contribution is -0.142. The van der Waals surface area contributed by atoms with Crippen molar-refractivity contribution in [3.8, 4) is 0 Å². The van der Waals surface area contributed by atoms with Crippen LogP contribution in [-0.4, -0.2) is 24.3 Å². The zero-order chi connectivity index (χ0) is 12.8. The van der Waals surface area contributed by atoms with Crippen molar-refractivity contribution in [2.24, 2.45) is 10.9 Å². The molecule has 0 amide bonds. The number of unbranched alkanes of at least 4 members (excludes halogenated alkanes) is 1. The number of hydrogen-bond acceptors (Lipinski definition) is 3. The number of dihydropyridines is 1. The van der Waals surface area contributed by atoms with Gasteiger partial charge < -0.3 is 4.74 Å². The van der Waals surface area contributed by atoms with Gasteiger partial charge in [0.2, 0.25) is 0 Å². The highest BCUT2D eigenvalue weighted by atomic mass is 16.5. The van der Waals surface area contributed by atoms with Gasteiger partial charge >= 0.3 is 5.97 Å². The van der Waals surface area contributed by atoms with Gasteiger partial charge in [-0.3, -0.25) is 9.79 Å². The summed E-state index contributed by atoms with van der Waals surface area (Å²) in [5.74, 6) is 0.226. The zero-order valence-electron chi connectivity index (χ0n) is 10.7. The number of fused-ring (bicyclic) bond motifs is 1. The molecule has 1 heterocycles. The van der Waals surface area contributed by atoms with Gasteiger partial charge in [-0.1, -0.05) is 43.7 Å². The number of carbonyl (C=O) groups is 1. The first kappa shape index (κ1) is 12.8. The molecule has 2 unspecified atom stereocenters. The predicted octanol–water partition coefficient (Wildman–Crippen LogP) is 2.84. The molecule has 3 nitrogen and oxygen atoms in total. The van der Waals surface area contributed by atoms with Crippen molar-refractivity contribution in [1.29, 1.82) is 0 Å². The van der Waals surface area contributed by atoms with E-state index < -0.39 is 0 Å². The number of allylic oxidation sites excluding steroid dienone is 2. The van der Waals surface area contributed by atoms with Crippen molar-refractivity contribution in [3.05, 3.63) is 36.5 Å². The van der Waals surface area contributed by atoms with Gasteiger partial charge in [0.15, 0.2) is 0 Å². The molecule has 0 radical (unpaired) electrons. The second-order valence-corrected chi connectivity index (χ2v) is 4.58. The fourth-order valence-electron chi connectivity index (χ4n) is 2.01. The summed E-state index contributed by atoms with van der Waals surface area (Å²) >= 11 is 0. The van der Waals surface area contributed by atoms with E-state index >= 15 is 0 Å². The van der Waals surface area contributed by atoms with Crippen LogP contribution in [0.25, 0.3) is 0 Å². The third-order valence-electron chi connectivity index (χ3n) is 3.09. The van der Waals surface area contributed by atoms with E-state index in [0.29, 0.717) is 18.9 Å². The molecule has 18 heavy (non-hydrogen) atoms. The highest BCUT2D eigenvalue weighted by molar-refractivity contribution is 5.98. The van der Waals surface area contributed by atoms with E-state index in [2.05, 4.69) is 30.1 Å². The lowest BCUT2D eigenvalue weighted by Gasteiger charge is -2.22. The summed E-state index contributed by atoms with van der Waals surface area (Å²) in [5, 5.41) is 0. The molecule has 1 aliphatic heterocycles. The maximum atomic E-state index is 11.4. The molecule has 0 saturated carbocycles. The number of hydrogen-bond donors (Lipinski definition) is 0. The van der Waals surface area contributed by atoms with Crippen molar-refractivity contribution >= 4 is 11.7 Å². The molecule has 3 heteroatoms. The topological polar surface area (TPSA) is 38.7 Å². The van der Waals surface area contributed by atoms with Crippen LogP contribution in [0.4, 0.5) is 0 Å². The van der Waals surface area contributed by atoms with Gasteiger partial charge in [0.05, 0.1) is 11.8 Å². The molecule has 2 rings (SSSR count). The molecule has 2 atom stereocenters. The minimum atomic E-state index is -0.130. The summed E-state index contributed by atoms with van der Waals surface area (Å²) in [6, 6.07) is 0.171. The first-order valence-electron chi connectivity index (χ1n) is 6.55. The second-order valence-electron chi connectivity index (χ2n) is 4.58. The van der Waals surface area contributed by atoms with Crippen molar-refractivity contribution in [2.45, 2.75) is 32.2 Å². The highest BCUT2D eigenvalue weighted by Crippen LogP contribution is 2.21. The molecule has 0 bridgehead atoms. The maximum Gasteiger partial charge on any atom is 0.306 e. The Morgan fingerprint density at radius 2 is 2.17 bits per heavy atom. The summed E-state index contributed by atoms with van der Waals surface area (Å²) in [6.45, 7) is 2.35. The van der Waals surface area contributed by atoms with E-state index in [1.807, 2.05) is 18.2 Å². The number of nitrogens with zero attached hydrogens (tertiary/aromatic N) is 1. The molecule has 0 aromatic carbocycles. The van der Waals surface area contributed by atoms with E-state index in [1.165, 1.54) is 0 Å². The van der Waals surface area contributed by atoms with Gasteiger partial charge in [-0.2, -0.15) is 0 Å². The van der Waals surface area contributed by atoms with Crippen LogP contribution in [-0.2, 0) is 9.53 Å². The van der Waals surface area contributed by atoms with E-state index in [4.69, 9.17) is 4.74 Å². The molecule has 0 N–H and O–H groups in total. The molecule has 0 aromatic rings. The Balaban J connectivity index is 1.82.